The van der Waals surface area contributed by atoms with E-state index >= 15 is 0 Å². The lowest BCUT2D eigenvalue weighted by Crippen LogP contribution is -2.54. The van der Waals surface area contributed by atoms with Gasteiger partial charge in [0.2, 0.25) is 11.8 Å². The number of hydrogen-bond donors (Lipinski definition) is 3. The quantitative estimate of drug-likeness (QED) is 0.631. The number of carbonyl (C=O) groups excluding carboxylic acids is 3. The molecular formula is C17H29N5O3. The van der Waals surface area contributed by atoms with E-state index in [2.05, 4.69) is 16.0 Å². The summed E-state index contributed by atoms with van der Waals surface area (Å²) in [5.41, 5.74) is -0.498. The van der Waals surface area contributed by atoms with E-state index in [1.807, 2.05) is 6.92 Å². The van der Waals surface area contributed by atoms with Crippen molar-refractivity contribution in [2.75, 3.05) is 45.8 Å². The summed E-state index contributed by atoms with van der Waals surface area (Å²) in [7, 11) is 0. The lowest BCUT2D eigenvalue weighted by Gasteiger charge is -2.35. The maximum absolute atomic E-state index is 13.0. The molecule has 0 aromatic rings. The molecular weight excluding hydrogens is 322 g/mol. The molecule has 140 valence electrons. The maximum atomic E-state index is 13.0. The van der Waals surface area contributed by atoms with E-state index in [4.69, 9.17) is 0 Å². The third-order valence-electron chi connectivity index (χ3n) is 5.87. The summed E-state index contributed by atoms with van der Waals surface area (Å²) in [5.74, 6) is 0.284. The standard InChI is InChI=1S/C17H29N5O3/c1-3-19-16(25)21-6-4-14(5-7-21)20-15(24)17-10-18-8-13(17)9-22(11-17)12(2)23/h13-14,18H,3-11H2,1-2H3,(H,19,25)(H,20,24)/t13-,17-/m0/s1. The van der Waals surface area contributed by atoms with Gasteiger partial charge in [-0.1, -0.05) is 0 Å². The molecule has 3 aliphatic heterocycles. The van der Waals surface area contributed by atoms with Crippen molar-refractivity contribution >= 4 is 17.8 Å². The van der Waals surface area contributed by atoms with Crippen LogP contribution in [0.25, 0.3) is 0 Å². The molecule has 8 heteroatoms. The van der Waals surface area contributed by atoms with E-state index in [0.29, 0.717) is 39.3 Å². The summed E-state index contributed by atoms with van der Waals surface area (Å²) in [6.45, 7) is 7.99. The Hall–Kier alpha value is -1.83. The molecule has 0 aliphatic carbocycles. The van der Waals surface area contributed by atoms with Crippen molar-refractivity contribution in [3.05, 3.63) is 0 Å². The Morgan fingerprint density at radius 2 is 1.92 bits per heavy atom. The number of amides is 4. The molecule has 25 heavy (non-hydrogen) atoms. The van der Waals surface area contributed by atoms with Crippen molar-refractivity contribution < 1.29 is 14.4 Å². The number of nitrogens with zero attached hydrogens (tertiary/aromatic N) is 2. The van der Waals surface area contributed by atoms with Crippen molar-refractivity contribution in [2.45, 2.75) is 32.7 Å². The van der Waals surface area contributed by atoms with Gasteiger partial charge in [-0.05, 0) is 19.8 Å². The van der Waals surface area contributed by atoms with Crippen LogP contribution in [0, 0.1) is 11.3 Å². The molecule has 0 unspecified atom stereocenters. The fourth-order valence-corrected chi connectivity index (χ4v) is 4.30. The Labute approximate surface area is 148 Å². The minimum Gasteiger partial charge on any atom is -0.353 e. The molecule has 0 aromatic carbocycles. The van der Waals surface area contributed by atoms with Crippen molar-refractivity contribution in [2.24, 2.45) is 11.3 Å². The molecule has 0 saturated carbocycles. The molecule has 2 atom stereocenters. The van der Waals surface area contributed by atoms with Crippen LogP contribution < -0.4 is 16.0 Å². The van der Waals surface area contributed by atoms with Gasteiger partial charge < -0.3 is 25.8 Å². The number of urea groups is 1. The zero-order valence-electron chi connectivity index (χ0n) is 15.1. The number of likely N-dealkylation sites (tertiary alicyclic amines) is 2. The van der Waals surface area contributed by atoms with Gasteiger partial charge in [-0.15, -0.1) is 0 Å². The SMILES string of the molecule is CCNC(=O)N1CCC(NC(=O)[C@]23CNC[C@H]2CN(C(C)=O)C3)CC1. The maximum Gasteiger partial charge on any atom is 0.317 e. The summed E-state index contributed by atoms with van der Waals surface area (Å²) in [6.07, 6.45) is 1.54. The van der Waals surface area contributed by atoms with Gasteiger partial charge in [-0.3, -0.25) is 9.59 Å². The van der Waals surface area contributed by atoms with Gasteiger partial charge in [0, 0.05) is 64.7 Å². The predicted molar refractivity (Wildman–Crippen MR) is 92.9 cm³/mol. The molecule has 0 bridgehead atoms. The number of carbonyl (C=O) groups is 3. The highest BCUT2D eigenvalue weighted by Gasteiger charge is 2.55. The zero-order valence-corrected chi connectivity index (χ0v) is 15.1. The summed E-state index contributed by atoms with van der Waals surface area (Å²) in [6, 6.07) is 0.0685. The highest BCUT2D eigenvalue weighted by Crippen LogP contribution is 2.39. The Balaban J connectivity index is 1.56. The number of fused-ring (bicyclic) bond motifs is 1. The van der Waals surface area contributed by atoms with Crippen LogP contribution in [0.4, 0.5) is 4.79 Å². The van der Waals surface area contributed by atoms with Gasteiger partial charge in [0.05, 0.1) is 5.41 Å². The van der Waals surface area contributed by atoms with Gasteiger partial charge in [-0.25, -0.2) is 4.79 Å². The highest BCUT2D eigenvalue weighted by atomic mass is 16.2. The first-order valence-corrected chi connectivity index (χ1v) is 9.26. The smallest absolute Gasteiger partial charge is 0.317 e. The minimum absolute atomic E-state index is 0.0289. The molecule has 3 saturated heterocycles. The van der Waals surface area contributed by atoms with E-state index in [-0.39, 0.29) is 29.8 Å². The van der Waals surface area contributed by atoms with E-state index in [1.165, 1.54) is 0 Å². The number of rotatable bonds is 3. The molecule has 0 radical (unpaired) electrons. The normalized spacial score (nSPS) is 29.4. The second-order valence-electron chi connectivity index (χ2n) is 7.45. The van der Waals surface area contributed by atoms with E-state index in [1.54, 1.807) is 16.7 Å². The lowest BCUT2D eigenvalue weighted by atomic mass is 9.79. The van der Waals surface area contributed by atoms with Crippen LogP contribution in [0.15, 0.2) is 0 Å². The van der Waals surface area contributed by atoms with Crippen LogP contribution in [-0.4, -0.2) is 79.5 Å². The van der Waals surface area contributed by atoms with Gasteiger partial charge in [0.25, 0.3) is 0 Å². The van der Waals surface area contributed by atoms with Crippen molar-refractivity contribution in [1.29, 1.82) is 0 Å². The van der Waals surface area contributed by atoms with Crippen LogP contribution in [0.3, 0.4) is 0 Å². The molecule has 3 rings (SSSR count). The van der Waals surface area contributed by atoms with Crippen molar-refractivity contribution in [1.82, 2.24) is 25.8 Å². The van der Waals surface area contributed by atoms with Gasteiger partial charge >= 0.3 is 6.03 Å². The van der Waals surface area contributed by atoms with Crippen LogP contribution in [0.1, 0.15) is 26.7 Å². The summed E-state index contributed by atoms with van der Waals surface area (Å²) in [5, 5.41) is 9.33. The summed E-state index contributed by atoms with van der Waals surface area (Å²) >= 11 is 0. The minimum atomic E-state index is -0.498. The van der Waals surface area contributed by atoms with Gasteiger partial charge in [-0.2, -0.15) is 0 Å². The largest absolute Gasteiger partial charge is 0.353 e. The Bertz CT molecular complexity index is 546. The second-order valence-corrected chi connectivity index (χ2v) is 7.45. The molecule has 0 spiro atoms. The van der Waals surface area contributed by atoms with E-state index in [9.17, 15) is 14.4 Å². The molecule has 3 aliphatic rings. The summed E-state index contributed by atoms with van der Waals surface area (Å²) in [4.78, 5) is 40.2. The first-order valence-electron chi connectivity index (χ1n) is 9.26. The number of hydrogen-bond acceptors (Lipinski definition) is 4. The molecule has 0 aromatic heterocycles. The van der Waals surface area contributed by atoms with Crippen LogP contribution >= 0.6 is 0 Å². The van der Waals surface area contributed by atoms with E-state index < -0.39 is 5.41 Å². The molecule has 3 heterocycles. The lowest BCUT2D eigenvalue weighted by molar-refractivity contribution is -0.133. The predicted octanol–water partition coefficient (Wildman–Crippen LogP) is -0.636. The number of nitrogens with one attached hydrogen (secondary N) is 3. The molecule has 3 N–H and O–H groups in total. The Kier molecular flexibility index (Phi) is 5.17. The fraction of sp³-hybridized carbons (Fsp3) is 0.824. The zero-order chi connectivity index (χ0) is 18.0. The Morgan fingerprint density at radius 3 is 2.56 bits per heavy atom. The third-order valence-corrected chi connectivity index (χ3v) is 5.87. The monoisotopic (exact) mass is 351 g/mol. The van der Waals surface area contributed by atoms with E-state index in [0.717, 1.165) is 19.4 Å². The van der Waals surface area contributed by atoms with Crippen LogP contribution in [-0.2, 0) is 9.59 Å². The van der Waals surface area contributed by atoms with Crippen molar-refractivity contribution in [3.63, 3.8) is 0 Å². The summed E-state index contributed by atoms with van der Waals surface area (Å²) < 4.78 is 0. The fourth-order valence-electron chi connectivity index (χ4n) is 4.30. The average molecular weight is 351 g/mol. The number of piperidine rings is 1. The second kappa shape index (κ2) is 7.19. The van der Waals surface area contributed by atoms with Crippen LogP contribution in [0.5, 0.6) is 0 Å². The Morgan fingerprint density at radius 1 is 1.20 bits per heavy atom. The molecule has 8 nitrogen and oxygen atoms in total. The third kappa shape index (κ3) is 3.44. The topological polar surface area (TPSA) is 93.8 Å². The van der Waals surface area contributed by atoms with Gasteiger partial charge in [0.1, 0.15) is 0 Å². The van der Waals surface area contributed by atoms with Gasteiger partial charge in [0.15, 0.2) is 0 Å². The van der Waals surface area contributed by atoms with Crippen LogP contribution in [0.2, 0.25) is 0 Å². The first-order chi connectivity index (χ1) is 12.0. The highest BCUT2D eigenvalue weighted by molar-refractivity contribution is 5.86. The first kappa shape index (κ1) is 18.0. The molecule has 4 amide bonds. The van der Waals surface area contributed by atoms with Crippen molar-refractivity contribution in [3.8, 4) is 0 Å². The molecule has 3 fully saturated rings. The average Bonchev–Trinajstić information content (AvgIpc) is 3.14.